The number of pyridine rings is 1. The summed E-state index contributed by atoms with van der Waals surface area (Å²) in [7, 11) is 0. The zero-order valence-corrected chi connectivity index (χ0v) is 10.1. The molecule has 3 N–H and O–H groups in total. The maximum Gasteiger partial charge on any atom is 0.215 e. The minimum Gasteiger partial charge on any atom is -0.411 e. The monoisotopic (exact) mass is 263 g/mol. The van der Waals surface area contributed by atoms with Crippen molar-refractivity contribution in [3.05, 3.63) is 46.8 Å². The van der Waals surface area contributed by atoms with Crippen LogP contribution < -0.4 is 5.73 Å². The predicted octanol–water partition coefficient (Wildman–Crippen LogP) is 2.22. The fourth-order valence-corrected chi connectivity index (χ4v) is 1.75. The lowest BCUT2D eigenvalue weighted by Gasteiger charge is -2.10. The number of nitrogens with two attached hydrogens (primary N) is 1. The first kappa shape index (κ1) is 12.3. The van der Waals surface area contributed by atoms with Gasteiger partial charge in [0.1, 0.15) is 10.8 Å². The lowest BCUT2D eigenvalue weighted by molar-refractivity contribution is 0.103. The van der Waals surface area contributed by atoms with E-state index < -0.39 is 5.78 Å². The molecule has 6 heteroatoms. The normalized spacial score (nSPS) is 16.7. The van der Waals surface area contributed by atoms with Gasteiger partial charge in [-0.25, -0.2) is 4.98 Å². The van der Waals surface area contributed by atoms with Gasteiger partial charge < -0.3 is 10.9 Å². The second-order valence-corrected chi connectivity index (χ2v) is 4.05. The summed E-state index contributed by atoms with van der Waals surface area (Å²) in [5, 5.41) is 12.1. The molecule has 0 spiro atoms. The predicted molar refractivity (Wildman–Crippen MR) is 69.1 cm³/mol. The zero-order chi connectivity index (χ0) is 13.1. The first-order valence-corrected chi connectivity index (χ1v) is 5.56. The molecule has 0 unspecified atom stereocenters. The number of ketones is 1. The molecule has 0 atom stereocenters. The summed E-state index contributed by atoms with van der Waals surface area (Å²) in [4.78, 5) is 16.2. The van der Waals surface area contributed by atoms with Crippen molar-refractivity contribution in [2.45, 2.75) is 6.42 Å². The van der Waals surface area contributed by atoms with Crippen molar-refractivity contribution in [3.8, 4) is 0 Å². The number of aromatic nitrogens is 1. The molecule has 18 heavy (non-hydrogen) atoms. The number of nitrogen functional groups attached to an aromatic ring is 1. The molecule has 0 amide bonds. The molecule has 0 aromatic carbocycles. The molecule has 1 aromatic heterocycles. The average molecular weight is 264 g/mol. The first-order chi connectivity index (χ1) is 8.63. The molecule has 0 bridgehead atoms. The Balaban J connectivity index is 2.45. The molecular weight excluding hydrogens is 254 g/mol. The maximum atomic E-state index is 12.2. The van der Waals surface area contributed by atoms with Crippen LogP contribution in [0.4, 0.5) is 5.69 Å². The number of oxime groups is 1. The number of rotatable bonds is 2. The van der Waals surface area contributed by atoms with Gasteiger partial charge in [0.15, 0.2) is 0 Å². The Morgan fingerprint density at radius 1 is 1.50 bits per heavy atom. The van der Waals surface area contributed by atoms with Crippen LogP contribution in [-0.2, 0) is 0 Å². The van der Waals surface area contributed by atoms with Gasteiger partial charge in [0.2, 0.25) is 5.78 Å². The van der Waals surface area contributed by atoms with Crippen LogP contribution in [0.3, 0.4) is 0 Å². The molecule has 0 aliphatic heterocycles. The van der Waals surface area contributed by atoms with Crippen LogP contribution in [0.25, 0.3) is 0 Å². The minimum atomic E-state index is -0.410. The van der Waals surface area contributed by atoms with Gasteiger partial charge >= 0.3 is 0 Å². The fraction of sp³-hybridized carbons (Fsp3) is 0.0833. The SMILES string of the molecule is Nc1ccc(Cl)nc1C(=O)C1=CC=CCC1=NO. The van der Waals surface area contributed by atoms with E-state index in [0.717, 1.165) is 0 Å². The highest BCUT2D eigenvalue weighted by Gasteiger charge is 2.22. The molecule has 1 aromatic rings. The van der Waals surface area contributed by atoms with Crippen LogP contribution in [-0.4, -0.2) is 21.7 Å². The zero-order valence-electron chi connectivity index (χ0n) is 9.30. The highest BCUT2D eigenvalue weighted by Crippen LogP contribution is 2.20. The molecular formula is C12H10ClN3O2. The summed E-state index contributed by atoms with van der Waals surface area (Å²) in [6, 6.07) is 3.02. The summed E-state index contributed by atoms with van der Waals surface area (Å²) in [6.45, 7) is 0. The molecule has 0 saturated heterocycles. The van der Waals surface area contributed by atoms with E-state index >= 15 is 0 Å². The van der Waals surface area contributed by atoms with Crippen molar-refractivity contribution in [2.75, 3.05) is 5.73 Å². The van der Waals surface area contributed by atoms with Crippen molar-refractivity contribution >= 4 is 28.8 Å². The average Bonchev–Trinajstić information content (AvgIpc) is 2.40. The molecule has 92 valence electrons. The van der Waals surface area contributed by atoms with Gasteiger partial charge in [-0.05, 0) is 18.2 Å². The number of Topliss-reactive ketones (excluding diaryl/α,β-unsaturated/α-hetero) is 1. The van der Waals surface area contributed by atoms with E-state index in [1.54, 1.807) is 18.2 Å². The summed E-state index contributed by atoms with van der Waals surface area (Å²) >= 11 is 5.74. The number of halogens is 1. The Labute approximate surface area is 108 Å². The van der Waals surface area contributed by atoms with Crippen LogP contribution in [0.2, 0.25) is 5.15 Å². The largest absolute Gasteiger partial charge is 0.411 e. The molecule has 0 radical (unpaired) electrons. The van der Waals surface area contributed by atoms with Crippen molar-refractivity contribution in [1.82, 2.24) is 4.98 Å². The summed E-state index contributed by atoms with van der Waals surface area (Å²) < 4.78 is 0. The van der Waals surface area contributed by atoms with Gasteiger partial charge in [0.25, 0.3) is 0 Å². The highest BCUT2D eigenvalue weighted by molar-refractivity contribution is 6.31. The Morgan fingerprint density at radius 2 is 2.28 bits per heavy atom. The van der Waals surface area contributed by atoms with Crippen LogP contribution in [0.1, 0.15) is 16.9 Å². The number of carbonyl (C=O) groups is 1. The van der Waals surface area contributed by atoms with Crippen molar-refractivity contribution in [3.63, 3.8) is 0 Å². The van der Waals surface area contributed by atoms with Gasteiger partial charge in [0, 0.05) is 12.0 Å². The Hall–Kier alpha value is -2.14. The van der Waals surface area contributed by atoms with E-state index in [-0.39, 0.29) is 27.8 Å². The molecule has 1 aliphatic rings. The van der Waals surface area contributed by atoms with Crippen LogP contribution in [0, 0.1) is 0 Å². The summed E-state index contributed by atoms with van der Waals surface area (Å²) in [6.07, 6.45) is 5.43. The Kier molecular flexibility index (Phi) is 3.43. The van der Waals surface area contributed by atoms with Crippen molar-refractivity contribution in [1.29, 1.82) is 0 Å². The van der Waals surface area contributed by atoms with E-state index in [1.807, 2.05) is 0 Å². The first-order valence-electron chi connectivity index (χ1n) is 5.18. The smallest absolute Gasteiger partial charge is 0.215 e. The van der Waals surface area contributed by atoms with Gasteiger partial charge in [-0.1, -0.05) is 28.9 Å². The van der Waals surface area contributed by atoms with Gasteiger partial charge in [0.05, 0.1) is 11.4 Å². The van der Waals surface area contributed by atoms with Crippen molar-refractivity contribution in [2.24, 2.45) is 5.16 Å². The van der Waals surface area contributed by atoms with E-state index in [1.165, 1.54) is 12.1 Å². The van der Waals surface area contributed by atoms with E-state index in [9.17, 15) is 4.79 Å². The molecule has 1 aliphatic carbocycles. The van der Waals surface area contributed by atoms with Crippen LogP contribution >= 0.6 is 11.6 Å². The third-order valence-corrected chi connectivity index (χ3v) is 2.70. The van der Waals surface area contributed by atoms with E-state index in [0.29, 0.717) is 6.42 Å². The standard InChI is InChI=1S/C12H10ClN3O2/c13-10-6-5-8(14)11(15-10)12(17)7-3-1-2-4-9(7)16-18/h1-3,5-6,18H,4,14H2. The number of hydrogen-bond donors (Lipinski definition) is 2. The third-order valence-electron chi connectivity index (χ3n) is 2.49. The molecule has 5 nitrogen and oxygen atoms in total. The van der Waals surface area contributed by atoms with Crippen molar-refractivity contribution < 1.29 is 10.0 Å². The van der Waals surface area contributed by atoms with E-state index in [4.69, 9.17) is 22.5 Å². The second-order valence-electron chi connectivity index (χ2n) is 3.66. The lowest BCUT2D eigenvalue weighted by Crippen LogP contribution is -2.17. The summed E-state index contributed by atoms with van der Waals surface area (Å²) in [5.74, 6) is -0.410. The van der Waals surface area contributed by atoms with Crippen LogP contribution in [0.5, 0.6) is 0 Å². The van der Waals surface area contributed by atoms with E-state index in [2.05, 4.69) is 10.1 Å². The van der Waals surface area contributed by atoms with Gasteiger partial charge in [-0.15, -0.1) is 0 Å². The lowest BCUT2D eigenvalue weighted by atomic mass is 9.96. The number of allylic oxidation sites excluding steroid dienone is 4. The molecule has 2 rings (SSSR count). The number of carbonyl (C=O) groups excluding carboxylic acids is 1. The minimum absolute atomic E-state index is 0.0604. The summed E-state index contributed by atoms with van der Waals surface area (Å²) in [5.41, 5.74) is 6.53. The Morgan fingerprint density at radius 3 is 3.00 bits per heavy atom. The number of nitrogens with zero attached hydrogens (tertiary/aromatic N) is 2. The molecule has 1 heterocycles. The van der Waals surface area contributed by atoms with Gasteiger partial charge in [-0.3, -0.25) is 4.79 Å². The maximum absolute atomic E-state index is 12.2. The number of hydrogen-bond acceptors (Lipinski definition) is 5. The molecule has 0 fully saturated rings. The topological polar surface area (TPSA) is 88.6 Å². The Bertz CT molecular complexity index is 591. The van der Waals surface area contributed by atoms with Gasteiger partial charge in [-0.2, -0.15) is 0 Å². The fourth-order valence-electron chi connectivity index (χ4n) is 1.61. The second kappa shape index (κ2) is 5.01. The van der Waals surface area contributed by atoms with Crippen LogP contribution in [0.15, 0.2) is 41.1 Å². The number of anilines is 1. The third kappa shape index (κ3) is 2.26. The molecule has 0 saturated carbocycles. The highest BCUT2D eigenvalue weighted by atomic mass is 35.5. The quantitative estimate of drug-likeness (QED) is 0.371.